The summed E-state index contributed by atoms with van der Waals surface area (Å²) < 4.78 is 40.4. The Kier molecular flexibility index (Phi) is 6.05. The van der Waals surface area contributed by atoms with Gasteiger partial charge in [0.1, 0.15) is 17.4 Å². The first-order valence-electron chi connectivity index (χ1n) is 10.2. The summed E-state index contributed by atoms with van der Waals surface area (Å²) in [6.07, 6.45) is 0. The first-order chi connectivity index (χ1) is 16.6. The standard InChI is InChI=1S/C24H17F2N5O2S/c1-32-18-10-7-16(8-11-18)23-27-21(30-33-23)14-34-24-29-28-22(15-5-3-2-4-6-15)31(24)20-12-9-17(25)13-19(20)26/h2-13H,14H2,1H3. The molecule has 0 saturated heterocycles. The molecule has 0 bridgehead atoms. The van der Waals surface area contributed by atoms with E-state index in [-0.39, 0.29) is 5.69 Å². The van der Waals surface area contributed by atoms with E-state index in [9.17, 15) is 8.78 Å². The Bertz CT molecular complexity index is 1420. The molecular weight excluding hydrogens is 460 g/mol. The fourth-order valence-corrected chi connectivity index (χ4v) is 4.10. The Hall–Kier alpha value is -4.05. The number of benzene rings is 3. The van der Waals surface area contributed by atoms with Crippen molar-refractivity contribution in [1.29, 1.82) is 0 Å². The largest absolute Gasteiger partial charge is 0.497 e. The minimum atomic E-state index is -0.722. The van der Waals surface area contributed by atoms with Gasteiger partial charge in [-0.3, -0.25) is 4.57 Å². The van der Waals surface area contributed by atoms with E-state index in [2.05, 4.69) is 20.3 Å². The highest BCUT2D eigenvalue weighted by Crippen LogP contribution is 2.31. The Morgan fingerprint density at radius 3 is 2.47 bits per heavy atom. The van der Waals surface area contributed by atoms with Crippen LogP contribution in [0.1, 0.15) is 5.82 Å². The zero-order chi connectivity index (χ0) is 23.5. The monoisotopic (exact) mass is 477 g/mol. The maximum absolute atomic E-state index is 14.7. The molecule has 2 aromatic heterocycles. The smallest absolute Gasteiger partial charge is 0.257 e. The summed E-state index contributed by atoms with van der Waals surface area (Å²) in [5, 5.41) is 12.9. The number of aromatic nitrogens is 5. The maximum atomic E-state index is 14.7. The summed E-state index contributed by atoms with van der Waals surface area (Å²) in [5.74, 6) is 0.875. The van der Waals surface area contributed by atoms with Gasteiger partial charge in [-0.2, -0.15) is 4.98 Å². The van der Waals surface area contributed by atoms with Crippen molar-refractivity contribution in [3.63, 3.8) is 0 Å². The Balaban J connectivity index is 1.44. The minimum absolute atomic E-state index is 0.139. The third-order valence-corrected chi connectivity index (χ3v) is 5.88. The molecule has 0 aliphatic heterocycles. The Labute approximate surface area is 197 Å². The molecular formula is C24H17F2N5O2S. The molecule has 10 heteroatoms. The van der Waals surface area contributed by atoms with Crippen molar-refractivity contribution in [1.82, 2.24) is 24.9 Å². The zero-order valence-electron chi connectivity index (χ0n) is 17.9. The first-order valence-corrected chi connectivity index (χ1v) is 11.2. The molecule has 5 rings (SSSR count). The van der Waals surface area contributed by atoms with Gasteiger partial charge in [-0.1, -0.05) is 47.3 Å². The number of nitrogens with zero attached hydrogens (tertiary/aromatic N) is 5. The number of hydrogen-bond acceptors (Lipinski definition) is 7. The molecule has 5 aromatic rings. The summed E-state index contributed by atoms with van der Waals surface area (Å²) in [5.41, 5.74) is 1.64. The van der Waals surface area contributed by atoms with Gasteiger partial charge in [0.25, 0.3) is 5.89 Å². The van der Waals surface area contributed by atoms with E-state index in [0.717, 1.165) is 22.9 Å². The van der Waals surface area contributed by atoms with Crippen molar-refractivity contribution in [2.75, 3.05) is 7.11 Å². The lowest BCUT2D eigenvalue weighted by Gasteiger charge is -2.11. The Morgan fingerprint density at radius 1 is 0.941 bits per heavy atom. The van der Waals surface area contributed by atoms with Crippen molar-refractivity contribution >= 4 is 11.8 Å². The van der Waals surface area contributed by atoms with Crippen LogP contribution in [0.5, 0.6) is 5.75 Å². The molecule has 0 aliphatic rings. The van der Waals surface area contributed by atoms with Crippen LogP contribution in [0.4, 0.5) is 8.78 Å². The Morgan fingerprint density at radius 2 is 1.74 bits per heavy atom. The van der Waals surface area contributed by atoms with Gasteiger partial charge in [-0.15, -0.1) is 10.2 Å². The molecule has 0 unspecified atom stereocenters. The maximum Gasteiger partial charge on any atom is 0.257 e. The molecule has 0 aliphatic carbocycles. The van der Waals surface area contributed by atoms with Crippen molar-refractivity contribution in [3.8, 4) is 34.3 Å². The van der Waals surface area contributed by atoms with Gasteiger partial charge < -0.3 is 9.26 Å². The van der Waals surface area contributed by atoms with Gasteiger partial charge in [0.15, 0.2) is 16.8 Å². The second-order valence-corrected chi connectivity index (χ2v) is 8.08. The molecule has 3 aromatic carbocycles. The lowest BCUT2D eigenvalue weighted by molar-refractivity contribution is 0.414. The summed E-state index contributed by atoms with van der Waals surface area (Å²) in [6, 6.07) is 19.9. The van der Waals surface area contributed by atoms with Gasteiger partial charge in [0.05, 0.1) is 18.6 Å². The lowest BCUT2D eigenvalue weighted by Crippen LogP contribution is -2.03. The molecule has 34 heavy (non-hydrogen) atoms. The average Bonchev–Trinajstić information content (AvgIpc) is 3.51. The van der Waals surface area contributed by atoms with Gasteiger partial charge >= 0.3 is 0 Å². The summed E-state index contributed by atoms with van der Waals surface area (Å²) in [4.78, 5) is 4.43. The number of hydrogen-bond donors (Lipinski definition) is 0. The van der Waals surface area contributed by atoms with Crippen LogP contribution in [0.2, 0.25) is 0 Å². The second kappa shape index (κ2) is 9.44. The number of rotatable bonds is 7. The molecule has 0 radical (unpaired) electrons. The minimum Gasteiger partial charge on any atom is -0.497 e. The predicted octanol–water partition coefficient (Wildman–Crippen LogP) is 5.56. The van der Waals surface area contributed by atoms with Crippen LogP contribution in [-0.4, -0.2) is 32.0 Å². The lowest BCUT2D eigenvalue weighted by atomic mass is 10.2. The van der Waals surface area contributed by atoms with Crippen LogP contribution in [0, 0.1) is 11.6 Å². The third kappa shape index (κ3) is 4.40. The average molecular weight is 477 g/mol. The van der Waals surface area contributed by atoms with Gasteiger partial charge in [0.2, 0.25) is 0 Å². The molecule has 7 nitrogen and oxygen atoms in total. The van der Waals surface area contributed by atoms with Crippen molar-refractivity contribution < 1.29 is 18.0 Å². The van der Waals surface area contributed by atoms with E-state index < -0.39 is 11.6 Å². The van der Waals surface area contributed by atoms with Crippen molar-refractivity contribution in [2.45, 2.75) is 10.9 Å². The fraction of sp³-hybridized carbons (Fsp3) is 0.0833. The predicted molar refractivity (Wildman–Crippen MR) is 123 cm³/mol. The zero-order valence-corrected chi connectivity index (χ0v) is 18.7. The van der Waals surface area contributed by atoms with Crippen LogP contribution in [0.15, 0.2) is 82.5 Å². The third-order valence-electron chi connectivity index (χ3n) is 4.95. The van der Waals surface area contributed by atoms with E-state index in [1.807, 2.05) is 42.5 Å². The van der Waals surface area contributed by atoms with E-state index in [1.54, 1.807) is 23.8 Å². The summed E-state index contributed by atoms with van der Waals surface area (Å²) in [7, 11) is 1.59. The first kappa shape index (κ1) is 21.8. The van der Waals surface area contributed by atoms with E-state index >= 15 is 0 Å². The van der Waals surface area contributed by atoms with Gasteiger partial charge in [-0.05, 0) is 36.4 Å². The highest BCUT2D eigenvalue weighted by atomic mass is 32.2. The molecule has 0 N–H and O–H groups in total. The SMILES string of the molecule is COc1ccc(-c2nc(CSc3nnc(-c4ccccc4)n3-c3ccc(F)cc3F)no2)cc1. The van der Waals surface area contributed by atoms with Crippen LogP contribution in [-0.2, 0) is 5.75 Å². The van der Waals surface area contributed by atoms with Crippen LogP contribution < -0.4 is 4.74 Å². The highest BCUT2D eigenvalue weighted by Gasteiger charge is 2.20. The van der Waals surface area contributed by atoms with Crippen LogP contribution in [0.3, 0.4) is 0 Å². The quantitative estimate of drug-likeness (QED) is 0.284. The highest BCUT2D eigenvalue weighted by molar-refractivity contribution is 7.98. The molecule has 0 amide bonds. The molecule has 2 heterocycles. The molecule has 0 fully saturated rings. The van der Waals surface area contributed by atoms with Gasteiger partial charge in [0, 0.05) is 17.2 Å². The van der Waals surface area contributed by atoms with Gasteiger partial charge in [-0.25, -0.2) is 8.78 Å². The van der Waals surface area contributed by atoms with Crippen LogP contribution in [0.25, 0.3) is 28.5 Å². The topological polar surface area (TPSA) is 78.9 Å². The van der Waals surface area contributed by atoms with E-state index in [4.69, 9.17) is 9.26 Å². The normalized spacial score (nSPS) is 11.0. The number of halogens is 2. The van der Waals surface area contributed by atoms with Crippen molar-refractivity contribution in [2.24, 2.45) is 0 Å². The van der Waals surface area contributed by atoms with Crippen molar-refractivity contribution in [3.05, 3.63) is 90.3 Å². The second-order valence-electron chi connectivity index (χ2n) is 7.14. The molecule has 0 saturated carbocycles. The fourth-order valence-electron chi connectivity index (χ4n) is 3.31. The van der Waals surface area contributed by atoms with E-state index in [1.165, 1.54) is 23.9 Å². The number of ether oxygens (including phenoxy) is 1. The number of thioether (sulfide) groups is 1. The van der Waals surface area contributed by atoms with E-state index in [0.29, 0.717) is 28.4 Å². The summed E-state index contributed by atoms with van der Waals surface area (Å²) in [6.45, 7) is 0. The summed E-state index contributed by atoms with van der Waals surface area (Å²) >= 11 is 1.26. The molecule has 0 spiro atoms. The number of methoxy groups -OCH3 is 1. The molecule has 170 valence electrons. The van der Waals surface area contributed by atoms with Crippen LogP contribution >= 0.6 is 11.8 Å². The molecule has 0 atom stereocenters.